The molecule has 0 heterocycles. The smallest absolute Gasteiger partial charge is 0.310 e. The standard InChI is InChI=1S/C15H31NO2/c1-6-15(7-2,14(17)18)11-16-13(5)10-8-9-12(3)4/h12-13,16H,6-11H2,1-5H3,(H,17,18). The molecular formula is C15H31NO2. The summed E-state index contributed by atoms with van der Waals surface area (Å²) < 4.78 is 0. The van der Waals surface area contributed by atoms with Gasteiger partial charge >= 0.3 is 5.97 Å². The van der Waals surface area contributed by atoms with Crippen molar-refractivity contribution in [3.8, 4) is 0 Å². The van der Waals surface area contributed by atoms with Crippen LogP contribution in [0.25, 0.3) is 0 Å². The van der Waals surface area contributed by atoms with Gasteiger partial charge in [0, 0.05) is 12.6 Å². The molecule has 108 valence electrons. The lowest BCUT2D eigenvalue weighted by Gasteiger charge is -2.29. The Balaban J connectivity index is 4.08. The number of nitrogens with one attached hydrogen (secondary N) is 1. The second-order valence-electron chi connectivity index (χ2n) is 5.90. The zero-order valence-corrected chi connectivity index (χ0v) is 12.8. The lowest BCUT2D eigenvalue weighted by Crippen LogP contribution is -2.43. The van der Waals surface area contributed by atoms with Crippen molar-refractivity contribution in [2.75, 3.05) is 6.54 Å². The van der Waals surface area contributed by atoms with E-state index < -0.39 is 11.4 Å². The van der Waals surface area contributed by atoms with Crippen molar-refractivity contribution in [1.82, 2.24) is 5.32 Å². The third kappa shape index (κ3) is 5.85. The highest BCUT2D eigenvalue weighted by molar-refractivity contribution is 5.74. The molecule has 3 nitrogen and oxygen atoms in total. The first-order chi connectivity index (χ1) is 8.38. The first-order valence-corrected chi connectivity index (χ1v) is 7.34. The number of carbonyl (C=O) groups is 1. The highest BCUT2D eigenvalue weighted by Crippen LogP contribution is 2.26. The minimum Gasteiger partial charge on any atom is -0.481 e. The maximum atomic E-state index is 11.4. The van der Waals surface area contributed by atoms with Crippen molar-refractivity contribution in [3.05, 3.63) is 0 Å². The molecule has 3 heteroatoms. The lowest BCUT2D eigenvalue weighted by molar-refractivity contribution is -0.149. The average Bonchev–Trinajstić information content (AvgIpc) is 2.30. The zero-order chi connectivity index (χ0) is 14.2. The van der Waals surface area contributed by atoms with Crippen molar-refractivity contribution in [2.24, 2.45) is 11.3 Å². The summed E-state index contributed by atoms with van der Waals surface area (Å²) in [5, 5.41) is 12.7. The van der Waals surface area contributed by atoms with E-state index in [1.807, 2.05) is 13.8 Å². The molecule has 0 fully saturated rings. The molecule has 0 spiro atoms. The maximum absolute atomic E-state index is 11.4. The fraction of sp³-hybridized carbons (Fsp3) is 0.933. The maximum Gasteiger partial charge on any atom is 0.310 e. The minimum absolute atomic E-state index is 0.403. The Morgan fingerprint density at radius 2 is 1.72 bits per heavy atom. The minimum atomic E-state index is -0.672. The summed E-state index contributed by atoms with van der Waals surface area (Å²) in [5.41, 5.74) is -0.591. The third-order valence-corrected chi connectivity index (χ3v) is 4.01. The van der Waals surface area contributed by atoms with Gasteiger partial charge in [-0.15, -0.1) is 0 Å². The van der Waals surface area contributed by atoms with Gasteiger partial charge in [0.2, 0.25) is 0 Å². The van der Waals surface area contributed by atoms with E-state index in [9.17, 15) is 9.90 Å². The van der Waals surface area contributed by atoms with Gasteiger partial charge in [-0.25, -0.2) is 0 Å². The molecule has 0 aromatic rings. The second kappa shape index (κ2) is 8.52. The van der Waals surface area contributed by atoms with E-state index in [0.717, 1.165) is 12.3 Å². The predicted octanol–water partition coefficient (Wildman–Crippen LogP) is 3.68. The van der Waals surface area contributed by atoms with Crippen molar-refractivity contribution in [2.45, 2.75) is 72.8 Å². The highest BCUT2D eigenvalue weighted by Gasteiger charge is 2.34. The first-order valence-electron chi connectivity index (χ1n) is 7.34. The van der Waals surface area contributed by atoms with Crippen molar-refractivity contribution in [1.29, 1.82) is 0 Å². The van der Waals surface area contributed by atoms with Crippen molar-refractivity contribution < 1.29 is 9.90 Å². The summed E-state index contributed by atoms with van der Waals surface area (Å²) in [6, 6.07) is 0.403. The van der Waals surface area contributed by atoms with E-state index in [1.54, 1.807) is 0 Å². The molecule has 0 aliphatic carbocycles. The molecular weight excluding hydrogens is 226 g/mol. The highest BCUT2D eigenvalue weighted by atomic mass is 16.4. The number of carboxylic acid groups (broad SMARTS) is 1. The number of carboxylic acids is 1. The van der Waals surface area contributed by atoms with Crippen LogP contribution in [0, 0.1) is 11.3 Å². The van der Waals surface area contributed by atoms with Crippen LogP contribution in [0.5, 0.6) is 0 Å². The summed E-state index contributed by atoms with van der Waals surface area (Å²) in [6.45, 7) is 11.1. The molecule has 0 aliphatic rings. The Hall–Kier alpha value is -0.570. The Bertz CT molecular complexity index is 235. The van der Waals surface area contributed by atoms with Gasteiger partial charge in [-0.3, -0.25) is 4.79 Å². The van der Waals surface area contributed by atoms with Crippen LogP contribution >= 0.6 is 0 Å². The molecule has 0 aromatic carbocycles. The van der Waals surface area contributed by atoms with Crippen LogP contribution in [0.4, 0.5) is 0 Å². The van der Waals surface area contributed by atoms with Crippen LogP contribution in [0.15, 0.2) is 0 Å². The first kappa shape index (κ1) is 17.4. The fourth-order valence-corrected chi connectivity index (χ4v) is 2.18. The predicted molar refractivity (Wildman–Crippen MR) is 76.8 cm³/mol. The van der Waals surface area contributed by atoms with Crippen LogP contribution in [0.3, 0.4) is 0 Å². The third-order valence-electron chi connectivity index (χ3n) is 4.01. The Morgan fingerprint density at radius 1 is 1.17 bits per heavy atom. The van der Waals surface area contributed by atoms with Gasteiger partial charge in [0.25, 0.3) is 0 Å². The SMILES string of the molecule is CCC(CC)(CNC(C)CCCC(C)C)C(=O)O. The Labute approximate surface area is 112 Å². The summed E-state index contributed by atoms with van der Waals surface area (Å²) in [5.74, 6) is 0.0796. The lowest BCUT2D eigenvalue weighted by atomic mass is 9.82. The molecule has 1 unspecified atom stereocenters. The molecule has 0 saturated heterocycles. The van der Waals surface area contributed by atoms with Crippen LogP contribution < -0.4 is 5.32 Å². The van der Waals surface area contributed by atoms with E-state index in [-0.39, 0.29) is 0 Å². The van der Waals surface area contributed by atoms with Crippen molar-refractivity contribution in [3.63, 3.8) is 0 Å². The molecule has 0 saturated carbocycles. The molecule has 0 aromatic heterocycles. The number of hydrogen-bond acceptors (Lipinski definition) is 2. The second-order valence-corrected chi connectivity index (χ2v) is 5.90. The van der Waals surface area contributed by atoms with E-state index in [0.29, 0.717) is 25.4 Å². The number of rotatable bonds is 10. The summed E-state index contributed by atoms with van der Waals surface area (Å²) in [4.78, 5) is 11.4. The van der Waals surface area contributed by atoms with Gasteiger partial charge in [-0.05, 0) is 32.1 Å². The molecule has 0 amide bonds. The molecule has 18 heavy (non-hydrogen) atoms. The van der Waals surface area contributed by atoms with E-state index in [2.05, 4.69) is 26.1 Å². The van der Waals surface area contributed by atoms with E-state index >= 15 is 0 Å². The van der Waals surface area contributed by atoms with E-state index in [4.69, 9.17) is 0 Å². The summed E-state index contributed by atoms with van der Waals surface area (Å²) in [6.07, 6.45) is 4.96. The Kier molecular flexibility index (Phi) is 8.25. The molecule has 2 N–H and O–H groups in total. The number of aliphatic carboxylic acids is 1. The average molecular weight is 257 g/mol. The largest absolute Gasteiger partial charge is 0.481 e. The zero-order valence-electron chi connectivity index (χ0n) is 12.8. The van der Waals surface area contributed by atoms with Gasteiger partial charge < -0.3 is 10.4 Å². The molecule has 0 bridgehead atoms. The molecule has 0 rings (SSSR count). The van der Waals surface area contributed by atoms with Gasteiger partial charge in [0.15, 0.2) is 0 Å². The van der Waals surface area contributed by atoms with Crippen LogP contribution in [0.1, 0.15) is 66.7 Å². The van der Waals surface area contributed by atoms with Crippen LogP contribution in [0.2, 0.25) is 0 Å². The molecule has 0 radical (unpaired) electrons. The van der Waals surface area contributed by atoms with Gasteiger partial charge in [-0.1, -0.05) is 40.5 Å². The fourth-order valence-electron chi connectivity index (χ4n) is 2.18. The van der Waals surface area contributed by atoms with E-state index in [1.165, 1.54) is 12.8 Å². The normalized spacial score (nSPS) is 13.9. The van der Waals surface area contributed by atoms with Crippen molar-refractivity contribution >= 4 is 5.97 Å². The van der Waals surface area contributed by atoms with Gasteiger partial charge in [0.05, 0.1) is 5.41 Å². The van der Waals surface area contributed by atoms with Crippen LogP contribution in [-0.2, 0) is 4.79 Å². The summed E-state index contributed by atoms with van der Waals surface area (Å²) >= 11 is 0. The monoisotopic (exact) mass is 257 g/mol. The molecule has 0 aliphatic heterocycles. The quantitative estimate of drug-likeness (QED) is 0.627. The molecule has 1 atom stereocenters. The Morgan fingerprint density at radius 3 is 2.11 bits per heavy atom. The van der Waals surface area contributed by atoms with Gasteiger partial charge in [-0.2, -0.15) is 0 Å². The van der Waals surface area contributed by atoms with Gasteiger partial charge in [0.1, 0.15) is 0 Å². The topological polar surface area (TPSA) is 49.3 Å². The van der Waals surface area contributed by atoms with Crippen LogP contribution in [-0.4, -0.2) is 23.7 Å². The number of hydrogen-bond donors (Lipinski definition) is 2. The summed E-state index contributed by atoms with van der Waals surface area (Å²) in [7, 11) is 0.